The second-order valence-corrected chi connectivity index (χ2v) is 14.1. The van der Waals surface area contributed by atoms with Gasteiger partial charge in [-0.3, -0.25) is 9.69 Å². The van der Waals surface area contributed by atoms with Crippen molar-refractivity contribution in [2.75, 3.05) is 46.4 Å². The van der Waals surface area contributed by atoms with Crippen LogP contribution in [0.15, 0.2) is 91.3 Å². The smallest absolute Gasteiger partial charge is 0.407 e. The molecule has 278 valence electrons. The largest absolute Gasteiger partial charge is 0.465 e. The molecule has 3 N–H and O–H groups in total. The van der Waals surface area contributed by atoms with E-state index >= 15 is 0 Å². The molecule has 3 aliphatic heterocycles. The second-order valence-electron chi connectivity index (χ2n) is 14.1. The van der Waals surface area contributed by atoms with Crippen LogP contribution in [0.2, 0.25) is 0 Å². The molecule has 2 aromatic heterocycles. The van der Waals surface area contributed by atoms with E-state index in [1.165, 1.54) is 7.05 Å². The van der Waals surface area contributed by atoms with E-state index in [1.807, 2.05) is 34.2 Å². The van der Waals surface area contributed by atoms with Crippen LogP contribution in [0.5, 0.6) is 0 Å². The number of urea groups is 1. The average Bonchev–Trinajstić information content (AvgIpc) is 4.06. The van der Waals surface area contributed by atoms with Gasteiger partial charge < -0.3 is 34.5 Å². The van der Waals surface area contributed by atoms with Crippen molar-refractivity contribution in [3.8, 4) is 33.6 Å². The van der Waals surface area contributed by atoms with Crippen molar-refractivity contribution in [2.24, 2.45) is 0 Å². The molecule has 3 saturated heterocycles. The van der Waals surface area contributed by atoms with Crippen LogP contribution in [0, 0.1) is 0 Å². The number of ether oxygens (including phenoxy) is 1. The Kier molecular flexibility index (Phi) is 9.87. The lowest BCUT2D eigenvalue weighted by Gasteiger charge is -2.33. The van der Waals surface area contributed by atoms with Gasteiger partial charge in [0.2, 0.25) is 0 Å². The number of carbonyl (C=O) groups excluding carboxylic acids is 2. The number of amides is 4. The van der Waals surface area contributed by atoms with E-state index < -0.39 is 12.1 Å². The molecule has 13 heteroatoms. The lowest BCUT2D eigenvalue weighted by atomic mass is 10.0. The highest BCUT2D eigenvalue weighted by Gasteiger charge is 2.39. The van der Waals surface area contributed by atoms with Crippen molar-refractivity contribution >= 4 is 18.0 Å². The Labute approximate surface area is 313 Å². The zero-order valence-electron chi connectivity index (χ0n) is 30.2. The van der Waals surface area contributed by atoms with E-state index in [1.54, 1.807) is 23.2 Å². The number of hydrogen-bond acceptors (Lipinski definition) is 6. The van der Waals surface area contributed by atoms with Gasteiger partial charge in [0.05, 0.1) is 49.1 Å². The number of nitrogens with zero attached hydrogens (tertiary/aromatic N) is 6. The highest BCUT2D eigenvalue weighted by atomic mass is 16.5. The van der Waals surface area contributed by atoms with Crippen molar-refractivity contribution in [3.63, 3.8) is 0 Å². The number of benzene rings is 3. The van der Waals surface area contributed by atoms with Gasteiger partial charge in [0, 0.05) is 33.2 Å². The molecule has 13 nitrogen and oxygen atoms in total. The number of aromatic amines is 2. The number of rotatable bonds is 8. The molecule has 5 aromatic rings. The van der Waals surface area contributed by atoms with Gasteiger partial charge in [-0.05, 0) is 53.5 Å². The summed E-state index contributed by atoms with van der Waals surface area (Å²) in [5.41, 5.74) is 6.53. The number of hydrogen-bond donors (Lipinski definition) is 3. The Bertz CT molecular complexity index is 2090. The number of likely N-dealkylation sites (N-methyl/N-ethyl adjacent to an activating group) is 1. The van der Waals surface area contributed by atoms with Crippen LogP contribution >= 0.6 is 0 Å². The predicted octanol–water partition coefficient (Wildman–Crippen LogP) is 6.74. The molecular formula is C41H44N8O5. The summed E-state index contributed by atoms with van der Waals surface area (Å²) < 4.78 is 5.43. The van der Waals surface area contributed by atoms with Gasteiger partial charge in [-0.1, -0.05) is 78.9 Å². The van der Waals surface area contributed by atoms with Gasteiger partial charge in [0.15, 0.2) is 0 Å². The molecule has 0 unspecified atom stereocenters. The van der Waals surface area contributed by atoms with E-state index in [0.717, 1.165) is 76.6 Å². The maximum absolute atomic E-state index is 13.9. The number of likely N-dealkylation sites (tertiary alicyclic amines) is 2. The molecule has 0 radical (unpaired) electrons. The second kappa shape index (κ2) is 15.2. The fourth-order valence-electron chi connectivity index (χ4n) is 7.96. The summed E-state index contributed by atoms with van der Waals surface area (Å²) in [7, 11) is 1.43. The predicted molar refractivity (Wildman–Crippen MR) is 202 cm³/mol. The molecule has 0 saturated carbocycles. The summed E-state index contributed by atoms with van der Waals surface area (Å²) in [5, 5.41) is 9.78. The molecule has 8 rings (SSSR count). The average molecular weight is 729 g/mol. The van der Waals surface area contributed by atoms with E-state index in [4.69, 9.17) is 9.72 Å². The monoisotopic (exact) mass is 728 g/mol. The number of carboxylic acid groups (broad SMARTS) is 1. The lowest BCUT2D eigenvalue weighted by molar-refractivity contribution is -0.137. The van der Waals surface area contributed by atoms with Crippen LogP contribution in [-0.2, 0) is 9.53 Å². The van der Waals surface area contributed by atoms with Crippen LogP contribution in [0.1, 0.15) is 61.0 Å². The molecule has 3 atom stereocenters. The third-order valence-corrected chi connectivity index (χ3v) is 10.9. The number of H-pyrrole nitrogens is 2. The van der Waals surface area contributed by atoms with Crippen LogP contribution < -0.4 is 0 Å². The van der Waals surface area contributed by atoms with Gasteiger partial charge in [-0.2, -0.15) is 0 Å². The first-order valence-corrected chi connectivity index (χ1v) is 18.6. The number of aromatic nitrogens is 4. The molecular weight excluding hydrogens is 685 g/mol. The summed E-state index contributed by atoms with van der Waals surface area (Å²) in [6.07, 6.45) is 5.86. The quantitative estimate of drug-likeness (QED) is 0.160. The van der Waals surface area contributed by atoms with Gasteiger partial charge in [0.1, 0.15) is 17.7 Å². The summed E-state index contributed by atoms with van der Waals surface area (Å²) >= 11 is 0. The lowest BCUT2D eigenvalue weighted by Crippen LogP contribution is -2.48. The Hall–Kier alpha value is -5.95. The molecule has 3 fully saturated rings. The minimum atomic E-state index is -1.16. The number of carbonyl (C=O) groups is 3. The molecule has 3 aliphatic rings. The molecule has 0 spiro atoms. The highest BCUT2D eigenvalue weighted by molar-refractivity contribution is 5.87. The first-order valence-electron chi connectivity index (χ1n) is 18.6. The Balaban J connectivity index is 0.931. The van der Waals surface area contributed by atoms with Crippen molar-refractivity contribution in [1.29, 1.82) is 0 Å². The molecule has 54 heavy (non-hydrogen) atoms. The number of imidazole rings is 2. The maximum Gasteiger partial charge on any atom is 0.407 e. The Morgan fingerprint density at radius 2 is 1.22 bits per heavy atom. The van der Waals surface area contributed by atoms with Gasteiger partial charge in [-0.15, -0.1) is 0 Å². The summed E-state index contributed by atoms with van der Waals surface area (Å²) in [4.78, 5) is 62.1. The molecule has 3 aromatic carbocycles. The SMILES string of the molecule is CN(C(=O)O)[C@@H](C(=O)N1CCC[C@H]1c1ncc(-c2ccc(-c3ccc(-c4cnc([C@@H]5CCCN5C(=O)N5CCOCC5)[nH]4)cc3)cc2)[nH]1)c1ccccc1. The van der Waals surface area contributed by atoms with Crippen LogP contribution in [0.3, 0.4) is 0 Å². The highest BCUT2D eigenvalue weighted by Crippen LogP contribution is 2.36. The van der Waals surface area contributed by atoms with Crippen LogP contribution in [-0.4, -0.2) is 109 Å². The van der Waals surface area contributed by atoms with Crippen LogP contribution in [0.25, 0.3) is 33.6 Å². The normalized spacial score (nSPS) is 19.2. The zero-order valence-corrected chi connectivity index (χ0v) is 30.2. The van der Waals surface area contributed by atoms with Gasteiger partial charge >= 0.3 is 12.1 Å². The van der Waals surface area contributed by atoms with E-state index in [0.29, 0.717) is 44.2 Å². The zero-order chi connectivity index (χ0) is 37.2. The van der Waals surface area contributed by atoms with Crippen molar-refractivity contribution in [1.82, 2.24) is 39.5 Å². The standard InChI is InChI=1S/C41H44N8O5/c1-46(41(52)53)36(31-7-3-2-4-8-31)39(50)48-19-5-9-34(48)37-42-25-32(44-37)29-15-11-27(12-16-29)28-13-17-30(18-14-28)33-26-43-38(45-33)35-10-6-20-49(35)40(51)47-21-23-54-24-22-47/h2-4,7-8,11-18,25-26,34-36H,5-6,9-10,19-24H2,1H3,(H,42,44)(H,43,45)(H,52,53)/t34-,35-,36+/m0/s1. The van der Waals surface area contributed by atoms with Gasteiger partial charge in [0.25, 0.3) is 5.91 Å². The van der Waals surface area contributed by atoms with Crippen molar-refractivity contribution in [2.45, 2.75) is 43.8 Å². The Morgan fingerprint density at radius 3 is 1.76 bits per heavy atom. The fourth-order valence-corrected chi connectivity index (χ4v) is 7.96. The third-order valence-electron chi connectivity index (χ3n) is 10.9. The molecule has 4 amide bonds. The number of nitrogens with one attached hydrogen (secondary N) is 2. The first-order chi connectivity index (χ1) is 26.4. The fraction of sp³-hybridized carbons (Fsp3) is 0.341. The summed E-state index contributed by atoms with van der Waals surface area (Å²) in [6, 6.07) is 24.4. The van der Waals surface area contributed by atoms with E-state index in [2.05, 4.69) is 63.5 Å². The molecule has 0 aliphatic carbocycles. The maximum atomic E-state index is 13.9. The number of morpholine rings is 1. The van der Waals surface area contributed by atoms with Crippen molar-refractivity contribution in [3.05, 3.63) is 108 Å². The minimum absolute atomic E-state index is 0.0599. The van der Waals surface area contributed by atoms with Crippen molar-refractivity contribution < 1.29 is 24.2 Å². The Morgan fingerprint density at radius 1 is 0.722 bits per heavy atom. The van der Waals surface area contributed by atoms with E-state index in [-0.39, 0.29) is 24.0 Å². The third kappa shape index (κ3) is 6.94. The van der Waals surface area contributed by atoms with Gasteiger partial charge in [-0.25, -0.2) is 19.6 Å². The minimum Gasteiger partial charge on any atom is -0.465 e. The first kappa shape index (κ1) is 35.1. The summed E-state index contributed by atoms with van der Waals surface area (Å²) in [6.45, 7) is 3.68. The topological polar surface area (TPSA) is 151 Å². The van der Waals surface area contributed by atoms with E-state index in [9.17, 15) is 19.5 Å². The molecule has 5 heterocycles. The van der Waals surface area contributed by atoms with Crippen LogP contribution in [0.4, 0.5) is 9.59 Å². The summed E-state index contributed by atoms with van der Waals surface area (Å²) in [5.74, 6) is 1.25. The molecule has 0 bridgehead atoms.